The smallest absolute Gasteiger partial charge is 0.257 e. The number of carbonyl (C=O) groups is 1. The Hall–Kier alpha value is -3.14. The van der Waals surface area contributed by atoms with E-state index in [2.05, 4.69) is 32.2 Å². The summed E-state index contributed by atoms with van der Waals surface area (Å²) in [5.41, 5.74) is 4.11. The molecule has 3 aromatic rings. The number of aliphatic hydroxyl groups excluding tert-OH is 1. The van der Waals surface area contributed by atoms with Gasteiger partial charge in [-0.25, -0.2) is 0 Å². The lowest BCUT2D eigenvalue weighted by Crippen LogP contribution is -2.45. The van der Waals surface area contributed by atoms with E-state index in [1.54, 1.807) is 24.5 Å². The maximum absolute atomic E-state index is 12.6. The molecule has 3 aliphatic rings. The van der Waals surface area contributed by atoms with Gasteiger partial charge < -0.3 is 24.8 Å². The molecule has 2 aromatic carbocycles. The summed E-state index contributed by atoms with van der Waals surface area (Å²) in [6, 6.07) is 19.8. The van der Waals surface area contributed by atoms with Crippen molar-refractivity contribution < 1.29 is 19.4 Å². The van der Waals surface area contributed by atoms with Crippen LogP contribution in [0.1, 0.15) is 71.5 Å². The monoisotopic (exact) mass is 556 g/mol. The summed E-state index contributed by atoms with van der Waals surface area (Å²) in [4.78, 5) is 21.8. The van der Waals surface area contributed by atoms with Crippen molar-refractivity contribution in [2.75, 3.05) is 38.0 Å². The average molecular weight is 557 g/mol. The molecule has 1 amide bonds. The number of carbonyl (C=O) groups excluding carboxylic acids is 1. The summed E-state index contributed by atoms with van der Waals surface area (Å²) in [6.07, 6.45) is 8.51. The van der Waals surface area contributed by atoms with Gasteiger partial charge in [0.1, 0.15) is 0 Å². The molecule has 0 bridgehead atoms. The topological polar surface area (TPSA) is 87.2 Å². The highest BCUT2D eigenvalue weighted by molar-refractivity contribution is 6.04. The number of likely N-dealkylation sites (tertiary alicyclic amines) is 2. The molecule has 1 aromatic heterocycles. The molecule has 8 nitrogen and oxygen atoms in total. The fourth-order valence-corrected chi connectivity index (χ4v) is 6.32. The van der Waals surface area contributed by atoms with Crippen LogP contribution >= 0.6 is 0 Å². The minimum atomic E-state index is -0.515. The Morgan fingerprint density at radius 3 is 2.44 bits per heavy atom. The molecule has 0 radical (unpaired) electrons. The molecule has 3 aliphatic heterocycles. The number of nitrogens with one attached hydrogen (secondary N) is 1. The van der Waals surface area contributed by atoms with Crippen LogP contribution in [0.5, 0.6) is 0 Å². The number of ether oxygens (including phenoxy) is 2. The number of aliphatic hydroxyl groups is 1. The molecular formula is C33H40N4O4. The van der Waals surface area contributed by atoms with Crippen LogP contribution < -0.4 is 5.32 Å². The summed E-state index contributed by atoms with van der Waals surface area (Å²) in [7, 11) is 0. The van der Waals surface area contributed by atoms with Crippen molar-refractivity contribution in [3.8, 4) is 0 Å². The first kappa shape index (κ1) is 28.0. The van der Waals surface area contributed by atoms with Crippen molar-refractivity contribution in [3.05, 3.63) is 95.3 Å². The Kier molecular flexibility index (Phi) is 9.03. The summed E-state index contributed by atoms with van der Waals surface area (Å²) in [5.74, 6) is -0.198. The standard InChI is InChI=1S/C33H40N4O4/c38-23-24-7-9-25(10-8-24)31-19-30(22-37-18-4-6-29(37)21-36-16-1-2-17-36)40-33(41-31)26-11-13-28(14-12-26)35-32(39)27-5-3-15-34-20-27/h3,5,7-15,20,29-31,33,38H,1-2,4,6,16-19,21-23H2,(H,35,39). The summed E-state index contributed by atoms with van der Waals surface area (Å²) in [6.45, 7) is 5.64. The van der Waals surface area contributed by atoms with Gasteiger partial charge in [-0.05, 0) is 80.7 Å². The molecule has 4 atom stereocenters. The predicted molar refractivity (Wildman–Crippen MR) is 157 cm³/mol. The number of aromatic nitrogens is 1. The molecule has 41 heavy (non-hydrogen) atoms. The molecule has 2 N–H and O–H groups in total. The van der Waals surface area contributed by atoms with Gasteiger partial charge in [-0.1, -0.05) is 36.4 Å². The van der Waals surface area contributed by atoms with Crippen molar-refractivity contribution in [2.45, 2.75) is 63.3 Å². The number of pyridine rings is 1. The van der Waals surface area contributed by atoms with Crippen LogP contribution in [0.2, 0.25) is 0 Å². The fraction of sp³-hybridized carbons (Fsp3) is 0.455. The SMILES string of the molecule is O=C(Nc1ccc(C2OC(CN3CCCC3CN3CCCC3)CC(c3ccc(CO)cc3)O2)cc1)c1cccnc1. The van der Waals surface area contributed by atoms with Crippen LogP contribution in [0.15, 0.2) is 73.1 Å². The molecule has 0 saturated carbocycles. The Labute approximate surface area is 242 Å². The van der Waals surface area contributed by atoms with E-state index in [0.29, 0.717) is 17.3 Å². The zero-order chi connectivity index (χ0) is 28.0. The van der Waals surface area contributed by atoms with E-state index < -0.39 is 6.29 Å². The van der Waals surface area contributed by atoms with Crippen molar-refractivity contribution in [3.63, 3.8) is 0 Å². The van der Waals surface area contributed by atoms with Crippen LogP contribution in [0.25, 0.3) is 0 Å². The van der Waals surface area contributed by atoms with Gasteiger partial charge in [-0.2, -0.15) is 0 Å². The third kappa shape index (κ3) is 7.02. The van der Waals surface area contributed by atoms with E-state index >= 15 is 0 Å². The number of anilines is 1. The largest absolute Gasteiger partial charge is 0.392 e. The van der Waals surface area contributed by atoms with Crippen molar-refractivity contribution in [1.82, 2.24) is 14.8 Å². The third-order valence-electron chi connectivity index (χ3n) is 8.58. The highest BCUT2D eigenvalue weighted by Crippen LogP contribution is 2.39. The van der Waals surface area contributed by atoms with E-state index in [4.69, 9.17) is 9.47 Å². The number of benzene rings is 2. The van der Waals surface area contributed by atoms with E-state index in [-0.39, 0.29) is 24.7 Å². The number of hydrogen-bond acceptors (Lipinski definition) is 7. The Morgan fingerprint density at radius 1 is 0.927 bits per heavy atom. The van der Waals surface area contributed by atoms with Gasteiger partial charge in [0.05, 0.1) is 24.4 Å². The van der Waals surface area contributed by atoms with Crippen LogP contribution in [-0.2, 0) is 16.1 Å². The van der Waals surface area contributed by atoms with Gasteiger partial charge in [0.15, 0.2) is 6.29 Å². The Balaban J connectivity index is 1.16. The summed E-state index contributed by atoms with van der Waals surface area (Å²) in [5, 5.41) is 12.4. The minimum Gasteiger partial charge on any atom is -0.392 e. The zero-order valence-corrected chi connectivity index (χ0v) is 23.5. The Morgan fingerprint density at radius 2 is 1.71 bits per heavy atom. The van der Waals surface area contributed by atoms with Crippen molar-refractivity contribution in [1.29, 1.82) is 0 Å². The predicted octanol–water partition coefficient (Wildman–Crippen LogP) is 4.93. The van der Waals surface area contributed by atoms with Gasteiger partial charge >= 0.3 is 0 Å². The van der Waals surface area contributed by atoms with Gasteiger partial charge in [0.25, 0.3) is 5.91 Å². The fourth-order valence-electron chi connectivity index (χ4n) is 6.32. The number of nitrogens with zero attached hydrogens (tertiary/aromatic N) is 3. The maximum atomic E-state index is 12.6. The Bertz CT molecular complexity index is 1260. The van der Waals surface area contributed by atoms with Gasteiger partial charge in [-0.3, -0.25) is 14.7 Å². The molecule has 3 saturated heterocycles. The molecule has 3 fully saturated rings. The van der Waals surface area contributed by atoms with Crippen molar-refractivity contribution in [2.24, 2.45) is 0 Å². The summed E-state index contributed by atoms with van der Waals surface area (Å²) >= 11 is 0. The molecule has 6 rings (SSSR count). The van der Waals surface area contributed by atoms with Gasteiger partial charge in [0.2, 0.25) is 0 Å². The second kappa shape index (κ2) is 13.2. The van der Waals surface area contributed by atoms with Crippen LogP contribution in [0, 0.1) is 0 Å². The van der Waals surface area contributed by atoms with Gasteiger partial charge in [-0.15, -0.1) is 0 Å². The van der Waals surface area contributed by atoms with Crippen molar-refractivity contribution >= 4 is 11.6 Å². The van der Waals surface area contributed by atoms with Crippen LogP contribution in [-0.4, -0.2) is 70.7 Å². The third-order valence-corrected chi connectivity index (χ3v) is 8.58. The molecule has 8 heteroatoms. The number of hydrogen-bond donors (Lipinski definition) is 2. The number of amides is 1. The second-order valence-corrected chi connectivity index (χ2v) is 11.5. The summed E-state index contributed by atoms with van der Waals surface area (Å²) < 4.78 is 13.2. The quantitative estimate of drug-likeness (QED) is 0.386. The first-order valence-corrected chi connectivity index (χ1v) is 14.9. The highest BCUT2D eigenvalue weighted by atomic mass is 16.7. The minimum absolute atomic E-state index is 0.0250. The highest BCUT2D eigenvalue weighted by Gasteiger charge is 2.36. The number of rotatable bonds is 9. The van der Waals surface area contributed by atoms with Crippen LogP contribution in [0.3, 0.4) is 0 Å². The lowest BCUT2D eigenvalue weighted by molar-refractivity contribution is -0.253. The molecular weight excluding hydrogens is 516 g/mol. The molecule has 216 valence electrons. The molecule has 4 heterocycles. The van der Waals surface area contributed by atoms with Gasteiger partial charge in [0, 0.05) is 49.2 Å². The average Bonchev–Trinajstić information content (AvgIpc) is 3.70. The van der Waals surface area contributed by atoms with E-state index in [9.17, 15) is 9.90 Å². The van der Waals surface area contributed by atoms with E-state index in [1.165, 1.54) is 38.8 Å². The lowest BCUT2D eigenvalue weighted by Gasteiger charge is -2.39. The lowest BCUT2D eigenvalue weighted by atomic mass is 9.99. The van der Waals surface area contributed by atoms with E-state index in [0.717, 1.165) is 42.7 Å². The zero-order valence-electron chi connectivity index (χ0n) is 23.5. The molecule has 0 aliphatic carbocycles. The second-order valence-electron chi connectivity index (χ2n) is 11.5. The molecule has 4 unspecified atom stereocenters. The first-order valence-electron chi connectivity index (χ1n) is 14.9. The molecule has 0 spiro atoms. The van der Waals surface area contributed by atoms with Crippen LogP contribution in [0.4, 0.5) is 5.69 Å². The maximum Gasteiger partial charge on any atom is 0.257 e. The normalized spacial score (nSPS) is 25.4. The first-order chi connectivity index (χ1) is 20.1. The van der Waals surface area contributed by atoms with E-state index in [1.807, 2.05) is 36.4 Å².